The first-order valence-electron chi connectivity index (χ1n) is 8.81. The maximum atomic E-state index is 6.36. The van der Waals surface area contributed by atoms with E-state index in [0.717, 1.165) is 24.9 Å². The molecular formula is C17H28N4. The van der Waals surface area contributed by atoms with E-state index in [4.69, 9.17) is 5.73 Å². The molecule has 3 aliphatic rings. The summed E-state index contributed by atoms with van der Waals surface area (Å²) in [6, 6.07) is 0.391. The number of nitrogens with one attached hydrogen (secondary N) is 1. The minimum absolute atomic E-state index is 0.391. The third kappa shape index (κ3) is 2.88. The Balaban J connectivity index is 1.42. The minimum Gasteiger partial charge on any atom is -0.326 e. The highest BCUT2D eigenvalue weighted by atomic mass is 15.2. The van der Waals surface area contributed by atoms with E-state index in [0.29, 0.717) is 12.0 Å². The van der Waals surface area contributed by atoms with Crippen molar-refractivity contribution in [1.82, 2.24) is 15.1 Å². The third-order valence-corrected chi connectivity index (χ3v) is 5.87. The molecule has 0 spiro atoms. The SMILES string of the molecule is N[C@@H]1CN(Cc2cn[nH]c2C2CCCCC2)C[C@H]1C1CC1. The number of nitrogens with zero attached hydrogens (tertiary/aromatic N) is 2. The highest BCUT2D eigenvalue weighted by molar-refractivity contribution is 5.21. The zero-order valence-corrected chi connectivity index (χ0v) is 12.9. The minimum atomic E-state index is 0.391. The summed E-state index contributed by atoms with van der Waals surface area (Å²) in [7, 11) is 0. The Morgan fingerprint density at radius 2 is 1.95 bits per heavy atom. The van der Waals surface area contributed by atoms with Crippen LogP contribution in [0.1, 0.15) is 62.1 Å². The summed E-state index contributed by atoms with van der Waals surface area (Å²) in [5.74, 6) is 2.38. The van der Waals surface area contributed by atoms with E-state index in [-0.39, 0.29) is 0 Å². The van der Waals surface area contributed by atoms with Gasteiger partial charge in [-0.05, 0) is 37.5 Å². The van der Waals surface area contributed by atoms with Crippen LogP contribution in [0, 0.1) is 11.8 Å². The molecule has 3 N–H and O–H groups in total. The van der Waals surface area contributed by atoms with Gasteiger partial charge in [0, 0.05) is 42.9 Å². The van der Waals surface area contributed by atoms with Crippen molar-refractivity contribution in [3.8, 4) is 0 Å². The molecule has 0 amide bonds. The lowest BCUT2D eigenvalue weighted by Crippen LogP contribution is -2.30. The Hall–Kier alpha value is -0.870. The Morgan fingerprint density at radius 3 is 2.71 bits per heavy atom. The average molecular weight is 288 g/mol. The van der Waals surface area contributed by atoms with Crippen molar-refractivity contribution in [2.75, 3.05) is 13.1 Å². The van der Waals surface area contributed by atoms with Gasteiger partial charge in [-0.2, -0.15) is 5.10 Å². The van der Waals surface area contributed by atoms with Gasteiger partial charge in [0.1, 0.15) is 0 Å². The van der Waals surface area contributed by atoms with Crippen LogP contribution in [0.25, 0.3) is 0 Å². The number of aromatic amines is 1. The van der Waals surface area contributed by atoms with E-state index < -0.39 is 0 Å². The van der Waals surface area contributed by atoms with Crippen LogP contribution in [0.5, 0.6) is 0 Å². The second-order valence-corrected chi connectivity index (χ2v) is 7.50. The normalized spacial score (nSPS) is 31.9. The van der Waals surface area contributed by atoms with Crippen LogP contribution in [0.3, 0.4) is 0 Å². The van der Waals surface area contributed by atoms with Gasteiger partial charge >= 0.3 is 0 Å². The van der Waals surface area contributed by atoms with Gasteiger partial charge in [0.05, 0.1) is 6.20 Å². The fourth-order valence-corrected chi connectivity index (χ4v) is 4.53. The van der Waals surface area contributed by atoms with Crippen molar-refractivity contribution in [3.63, 3.8) is 0 Å². The fourth-order valence-electron chi connectivity index (χ4n) is 4.53. The predicted octanol–water partition coefficient (Wildman–Crippen LogP) is 2.63. The maximum Gasteiger partial charge on any atom is 0.0535 e. The van der Waals surface area contributed by atoms with Crippen molar-refractivity contribution in [2.45, 2.75) is 63.5 Å². The Kier molecular flexibility index (Phi) is 3.76. The second-order valence-electron chi connectivity index (χ2n) is 7.50. The van der Waals surface area contributed by atoms with Crippen molar-refractivity contribution < 1.29 is 0 Å². The molecule has 4 nitrogen and oxygen atoms in total. The Morgan fingerprint density at radius 1 is 1.14 bits per heavy atom. The van der Waals surface area contributed by atoms with Crippen LogP contribution >= 0.6 is 0 Å². The molecule has 4 heteroatoms. The van der Waals surface area contributed by atoms with Gasteiger partial charge in [-0.3, -0.25) is 10.00 Å². The number of likely N-dealkylation sites (tertiary alicyclic amines) is 1. The molecule has 0 bridgehead atoms. The summed E-state index contributed by atoms with van der Waals surface area (Å²) in [5, 5.41) is 7.64. The van der Waals surface area contributed by atoms with Crippen molar-refractivity contribution in [2.24, 2.45) is 17.6 Å². The number of H-pyrrole nitrogens is 1. The summed E-state index contributed by atoms with van der Waals surface area (Å²) in [6.45, 7) is 3.30. The third-order valence-electron chi connectivity index (χ3n) is 5.87. The molecule has 2 aliphatic carbocycles. The lowest BCUT2D eigenvalue weighted by molar-refractivity contribution is 0.307. The van der Waals surface area contributed by atoms with Gasteiger partial charge in [-0.25, -0.2) is 0 Å². The highest BCUT2D eigenvalue weighted by Gasteiger charge is 2.40. The summed E-state index contributed by atoms with van der Waals surface area (Å²) in [4.78, 5) is 2.56. The van der Waals surface area contributed by atoms with Crippen LogP contribution in [0.2, 0.25) is 0 Å². The molecule has 1 aromatic rings. The van der Waals surface area contributed by atoms with Gasteiger partial charge < -0.3 is 5.73 Å². The van der Waals surface area contributed by atoms with E-state index in [9.17, 15) is 0 Å². The van der Waals surface area contributed by atoms with E-state index >= 15 is 0 Å². The molecule has 2 atom stereocenters. The number of nitrogens with two attached hydrogens (primary N) is 1. The molecule has 1 saturated heterocycles. The smallest absolute Gasteiger partial charge is 0.0535 e. The van der Waals surface area contributed by atoms with Crippen LogP contribution in [0.4, 0.5) is 0 Å². The first-order chi connectivity index (χ1) is 10.3. The van der Waals surface area contributed by atoms with Gasteiger partial charge in [0.25, 0.3) is 0 Å². The molecule has 0 radical (unpaired) electrons. The van der Waals surface area contributed by atoms with E-state index in [1.165, 1.54) is 62.7 Å². The molecule has 4 rings (SSSR count). The lowest BCUT2D eigenvalue weighted by Gasteiger charge is -2.23. The lowest BCUT2D eigenvalue weighted by atomic mass is 9.85. The van der Waals surface area contributed by atoms with Crippen molar-refractivity contribution in [1.29, 1.82) is 0 Å². The quantitative estimate of drug-likeness (QED) is 0.895. The molecule has 1 aromatic heterocycles. The van der Waals surface area contributed by atoms with Crippen LogP contribution in [0.15, 0.2) is 6.20 Å². The van der Waals surface area contributed by atoms with Crippen molar-refractivity contribution >= 4 is 0 Å². The van der Waals surface area contributed by atoms with Crippen LogP contribution < -0.4 is 5.73 Å². The van der Waals surface area contributed by atoms with Crippen molar-refractivity contribution in [3.05, 3.63) is 17.5 Å². The molecule has 116 valence electrons. The van der Waals surface area contributed by atoms with E-state index in [1.807, 2.05) is 0 Å². The molecule has 0 aromatic carbocycles. The topological polar surface area (TPSA) is 57.9 Å². The largest absolute Gasteiger partial charge is 0.326 e. The molecular weight excluding hydrogens is 260 g/mol. The molecule has 0 unspecified atom stereocenters. The maximum absolute atomic E-state index is 6.36. The first kappa shape index (κ1) is 13.8. The molecule has 21 heavy (non-hydrogen) atoms. The van der Waals surface area contributed by atoms with Gasteiger partial charge in [-0.1, -0.05) is 19.3 Å². The average Bonchev–Trinajstić information content (AvgIpc) is 3.13. The standard InChI is InChI=1S/C17H28N4/c18-16-11-21(10-15(16)12-6-7-12)9-14-8-19-20-17(14)13-4-2-1-3-5-13/h8,12-13,15-16H,1-7,9-11,18H2,(H,19,20)/t15-,16+/m0/s1. The highest BCUT2D eigenvalue weighted by Crippen LogP contribution is 2.41. The predicted molar refractivity (Wildman–Crippen MR) is 83.9 cm³/mol. The van der Waals surface area contributed by atoms with Crippen LogP contribution in [-0.2, 0) is 6.54 Å². The van der Waals surface area contributed by atoms with E-state index in [2.05, 4.69) is 21.3 Å². The van der Waals surface area contributed by atoms with E-state index in [1.54, 1.807) is 0 Å². The summed E-state index contributed by atoms with van der Waals surface area (Å²) < 4.78 is 0. The molecule has 2 saturated carbocycles. The summed E-state index contributed by atoms with van der Waals surface area (Å²) in [5.41, 5.74) is 9.19. The number of aromatic nitrogens is 2. The molecule has 1 aliphatic heterocycles. The number of hydrogen-bond donors (Lipinski definition) is 2. The van der Waals surface area contributed by atoms with Gasteiger partial charge in [-0.15, -0.1) is 0 Å². The first-order valence-corrected chi connectivity index (χ1v) is 8.81. The van der Waals surface area contributed by atoms with Gasteiger partial charge in [0.15, 0.2) is 0 Å². The fraction of sp³-hybridized carbons (Fsp3) is 0.824. The Labute approximate surface area is 127 Å². The summed E-state index contributed by atoms with van der Waals surface area (Å²) >= 11 is 0. The molecule has 2 heterocycles. The molecule has 3 fully saturated rings. The number of rotatable bonds is 4. The zero-order valence-electron chi connectivity index (χ0n) is 12.9. The monoisotopic (exact) mass is 288 g/mol. The second kappa shape index (κ2) is 5.73. The van der Waals surface area contributed by atoms with Crippen LogP contribution in [-0.4, -0.2) is 34.2 Å². The number of hydrogen-bond acceptors (Lipinski definition) is 3. The van der Waals surface area contributed by atoms with Gasteiger partial charge in [0.2, 0.25) is 0 Å². The Bertz CT molecular complexity index is 473. The zero-order chi connectivity index (χ0) is 14.2. The summed E-state index contributed by atoms with van der Waals surface area (Å²) in [6.07, 6.45) is 11.7.